The SMILES string of the molecule is Cc1cccc2c3ccccc3[n+]3cc(-c4cncn4C)n(C)c3c12. The van der Waals surface area contributed by atoms with Gasteiger partial charge in [-0.05, 0) is 18.6 Å². The lowest BCUT2D eigenvalue weighted by Crippen LogP contribution is -2.21. The first-order valence-corrected chi connectivity index (χ1v) is 8.44. The lowest BCUT2D eigenvalue weighted by Gasteiger charge is -2.06. The van der Waals surface area contributed by atoms with Gasteiger partial charge in [0.25, 0.3) is 5.65 Å². The highest BCUT2D eigenvalue weighted by atomic mass is 15.1. The van der Waals surface area contributed by atoms with Gasteiger partial charge in [0.05, 0.1) is 25.0 Å². The van der Waals surface area contributed by atoms with Gasteiger partial charge < -0.3 is 4.57 Å². The highest BCUT2D eigenvalue weighted by Crippen LogP contribution is 2.30. The second-order valence-corrected chi connectivity index (χ2v) is 6.67. The van der Waals surface area contributed by atoms with Crippen molar-refractivity contribution in [1.82, 2.24) is 14.1 Å². The number of nitrogens with zero attached hydrogens (tertiary/aromatic N) is 4. The third-order valence-corrected chi connectivity index (χ3v) is 5.19. The fraction of sp³-hybridized carbons (Fsp3) is 0.143. The monoisotopic (exact) mass is 327 g/mol. The summed E-state index contributed by atoms with van der Waals surface area (Å²) in [5, 5.41) is 3.88. The fourth-order valence-corrected chi connectivity index (χ4v) is 3.96. The van der Waals surface area contributed by atoms with E-state index in [4.69, 9.17) is 0 Å². The van der Waals surface area contributed by atoms with Crippen LogP contribution in [-0.2, 0) is 14.1 Å². The van der Waals surface area contributed by atoms with Crippen LogP contribution in [0.5, 0.6) is 0 Å². The first-order chi connectivity index (χ1) is 12.2. The molecule has 0 amide bonds. The maximum Gasteiger partial charge on any atom is 0.295 e. The Bertz CT molecular complexity index is 1270. The van der Waals surface area contributed by atoms with Crippen LogP contribution in [0.15, 0.2) is 61.2 Å². The number of aryl methyl sites for hydroxylation is 3. The molecule has 0 saturated heterocycles. The maximum atomic E-state index is 4.29. The van der Waals surface area contributed by atoms with Crippen molar-refractivity contribution in [3.05, 3.63) is 66.7 Å². The summed E-state index contributed by atoms with van der Waals surface area (Å²) >= 11 is 0. The van der Waals surface area contributed by atoms with E-state index in [-0.39, 0.29) is 0 Å². The molecule has 0 saturated carbocycles. The summed E-state index contributed by atoms with van der Waals surface area (Å²) in [4.78, 5) is 4.29. The van der Waals surface area contributed by atoms with E-state index in [1.165, 1.54) is 32.9 Å². The third-order valence-electron chi connectivity index (χ3n) is 5.19. The van der Waals surface area contributed by atoms with Crippen LogP contribution in [0, 0.1) is 6.92 Å². The predicted molar refractivity (Wildman–Crippen MR) is 101 cm³/mol. The average molecular weight is 327 g/mol. The van der Waals surface area contributed by atoms with Gasteiger partial charge in [-0.3, -0.25) is 0 Å². The Morgan fingerprint density at radius 1 is 0.920 bits per heavy atom. The molecular weight excluding hydrogens is 308 g/mol. The molecule has 2 aromatic carbocycles. The van der Waals surface area contributed by atoms with Gasteiger partial charge in [0.1, 0.15) is 17.4 Å². The number of aromatic nitrogens is 4. The molecule has 0 spiro atoms. The van der Waals surface area contributed by atoms with Crippen molar-refractivity contribution in [3.8, 4) is 11.4 Å². The molecule has 0 fully saturated rings. The summed E-state index contributed by atoms with van der Waals surface area (Å²) in [6, 6.07) is 15.2. The smallest absolute Gasteiger partial charge is 0.295 e. The molecule has 0 aliphatic carbocycles. The molecule has 0 N–H and O–H groups in total. The minimum absolute atomic E-state index is 1.11. The number of hydrogen-bond donors (Lipinski definition) is 0. The summed E-state index contributed by atoms with van der Waals surface area (Å²) in [7, 11) is 4.17. The Morgan fingerprint density at radius 3 is 2.52 bits per heavy atom. The Hall–Kier alpha value is -3.14. The molecule has 0 atom stereocenters. The Morgan fingerprint density at radius 2 is 1.72 bits per heavy atom. The van der Waals surface area contributed by atoms with Crippen LogP contribution in [0.1, 0.15) is 5.56 Å². The van der Waals surface area contributed by atoms with Crippen LogP contribution in [0.4, 0.5) is 0 Å². The molecule has 0 unspecified atom stereocenters. The average Bonchev–Trinajstić information content (AvgIpc) is 3.19. The molecule has 0 bridgehead atoms. The Kier molecular flexibility index (Phi) is 2.80. The molecule has 4 nitrogen and oxygen atoms in total. The van der Waals surface area contributed by atoms with E-state index >= 15 is 0 Å². The molecule has 3 aromatic heterocycles. The van der Waals surface area contributed by atoms with Gasteiger partial charge in [0.2, 0.25) is 0 Å². The van der Waals surface area contributed by atoms with Crippen LogP contribution in [0.2, 0.25) is 0 Å². The van der Waals surface area contributed by atoms with Crippen LogP contribution in [0.3, 0.4) is 0 Å². The van der Waals surface area contributed by atoms with Gasteiger partial charge in [0.15, 0.2) is 5.69 Å². The molecule has 0 aliphatic heterocycles. The van der Waals surface area contributed by atoms with Crippen molar-refractivity contribution < 1.29 is 4.40 Å². The molecular formula is C21H19N4+. The minimum atomic E-state index is 1.11. The van der Waals surface area contributed by atoms with Crippen LogP contribution in [0.25, 0.3) is 38.7 Å². The van der Waals surface area contributed by atoms with E-state index in [1.54, 1.807) is 0 Å². The van der Waals surface area contributed by atoms with Crippen molar-refractivity contribution in [2.45, 2.75) is 6.92 Å². The number of imidazole rings is 2. The minimum Gasteiger partial charge on any atom is -0.331 e. The van der Waals surface area contributed by atoms with Gasteiger partial charge in [-0.25, -0.2) is 9.55 Å². The Balaban J connectivity index is 2.09. The zero-order chi connectivity index (χ0) is 17.1. The van der Waals surface area contributed by atoms with Gasteiger partial charge >= 0.3 is 0 Å². The predicted octanol–water partition coefficient (Wildman–Crippen LogP) is 3.78. The van der Waals surface area contributed by atoms with E-state index in [1.807, 2.05) is 19.6 Å². The lowest BCUT2D eigenvalue weighted by atomic mass is 10.0. The second-order valence-electron chi connectivity index (χ2n) is 6.67. The number of fused-ring (bicyclic) bond motifs is 6. The lowest BCUT2D eigenvalue weighted by molar-refractivity contribution is -0.478. The fourth-order valence-electron chi connectivity index (χ4n) is 3.96. The molecule has 122 valence electrons. The molecule has 4 heteroatoms. The summed E-state index contributed by atoms with van der Waals surface area (Å²) < 4.78 is 6.65. The van der Waals surface area contributed by atoms with Gasteiger partial charge in [-0.2, -0.15) is 4.40 Å². The number of benzene rings is 2. The van der Waals surface area contributed by atoms with Crippen molar-refractivity contribution >= 4 is 27.3 Å². The zero-order valence-corrected chi connectivity index (χ0v) is 14.6. The van der Waals surface area contributed by atoms with E-state index in [0.717, 1.165) is 11.4 Å². The number of hydrogen-bond acceptors (Lipinski definition) is 1. The Labute approximate surface area is 145 Å². The van der Waals surface area contributed by atoms with Crippen LogP contribution in [-0.4, -0.2) is 14.1 Å². The molecule has 5 aromatic rings. The standard InChI is InChI=1S/C21H19N4/c1-14-7-6-9-16-15-8-4-5-10-17(15)25-12-19(18-11-22-13-23(18)2)24(3)21(25)20(14)16/h4-13H,1-3H3/q+1. The van der Waals surface area contributed by atoms with Crippen molar-refractivity contribution in [2.75, 3.05) is 0 Å². The second kappa shape index (κ2) is 4.93. The molecule has 25 heavy (non-hydrogen) atoms. The van der Waals surface area contributed by atoms with Crippen LogP contribution >= 0.6 is 0 Å². The van der Waals surface area contributed by atoms with E-state index in [9.17, 15) is 0 Å². The van der Waals surface area contributed by atoms with Gasteiger partial charge in [-0.15, -0.1) is 0 Å². The van der Waals surface area contributed by atoms with Gasteiger partial charge in [-0.1, -0.05) is 36.4 Å². The number of rotatable bonds is 1. The molecule has 0 aliphatic rings. The quantitative estimate of drug-likeness (QED) is 0.340. The first-order valence-electron chi connectivity index (χ1n) is 8.44. The molecule has 5 rings (SSSR count). The summed E-state index contributed by atoms with van der Waals surface area (Å²) in [5.74, 6) is 0. The molecule has 0 radical (unpaired) electrons. The number of para-hydroxylation sites is 1. The third kappa shape index (κ3) is 1.82. The summed E-state index contributed by atoms with van der Waals surface area (Å²) in [6.45, 7) is 2.19. The van der Waals surface area contributed by atoms with Crippen molar-refractivity contribution in [2.24, 2.45) is 14.1 Å². The first kappa shape index (κ1) is 14.2. The summed E-state index contributed by atoms with van der Waals surface area (Å²) in [6.07, 6.45) is 5.99. The van der Waals surface area contributed by atoms with E-state index < -0.39 is 0 Å². The highest BCUT2D eigenvalue weighted by Gasteiger charge is 2.24. The van der Waals surface area contributed by atoms with Crippen LogP contribution < -0.4 is 4.40 Å². The van der Waals surface area contributed by atoms with E-state index in [0.29, 0.717) is 0 Å². The molecule has 3 heterocycles. The summed E-state index contributed by atoms with van der Waals surface area (Å²) in [5.41, 5.74) is 5.99. The largest absolute Gasteiger partial charge is 0.331 e. The zero-order valence-electron chi connectivity index (χ0n) is 14.6. The maximum absolute atomic E-state index is 4.29. The van der Waals surface area contributed by atoms with Crippen molar-refractivity contribution in [3.63, 3.8) is 0 Å². The highest BCUT2D eigenvalue weighted by molar-refractivity contribution is 6.10. The topological polar surface area (TPSA) is 26.9 Å². The van der Waals surface area contributed by atoms with Gasteiger partial charge in [0, 0.05) is 17.8 Å². The number of pyridine rings is 1. The normalized spacial score (nSPS) is 11.8. The van der Waals surface area contributed by atoms with Crippen molar-refractivity contribution in [1.29, 1.82) is 0 Å². The van der Waals surface area contributed by atoms with E-state index in [2.05, 4.69) is 81.2 Å².